The first kappa shape index (κ1) is 13.4. The van der Waals surface area contributed by atoms with Crippen molar-refractivity contribution in [2.75, 3.05) is 6.61 Å². The molecule has 2 fully saturated rings. The van der Waals surface area contributed by atoms with Crippen LogP contribution in [0.15, 0.2) is 0 Å². The van der Waals surface area contributed by atoms with Crippen molar-refractivity contribution in [1.29, 1.82) is 5.26 Å². The number of ether oxygens (including phenoxy) is 1. The van der Waals surface area contributed by atoms with Gasteiger partial charge in [-0.05, 0) is 31.6 Å². The molecule has 1 aliphatic heterocycles. The molecule has 0 aromatic rings. The number of hydrogen-bond donors (Lipinski definition) is 1. The summed E-state index contributed by atoms with van der Waals surface area (Å²) in [7, 11) is 0. The molecule has 0 radical (unpaired) electrons. The van der Waals surface area contributed by atoms with Gasteiger partial charge >= 0.3 is 0 Å². The molecule has 2 unspecified atom stereocenters. The molecule has 1 saturated carbocycles. The lowest BCUT2D eigenvalue weighted by molar-refractivity contribution is -0.124. The summed E-state index contributed by atoms with van der Waals surface area (Å²) in [5.74, 6) is 0.316. The van der Waals surface area contributed by atoms with Crippen molar-refractivity contribution in [3.8, 4) is 6.07 Å². The summed E-state index contributed by atoms with van der Waals surface area (Å²) < 4.78 is 5.44. The van der Waals surface area contributed by atoms with Crippen LogP contribution in [0.2, 0.25) is 0 Å². The molecule has 0 spiro atoms. The van der Waals surface area contributed by atoms with E-state index in [0.717, 1.165) is 32.3 Å². The topological polar surface area (TPSA) is 62.1 Å². The zero-order valence-electron chi connectivity index (χ0n) is 10.9. The van der Waals surface area contributed by atoms with Crippen LogP contribution in [-0.2, 0) is 9.53 Å². The fourth-order valence-corrected chi connectivity index (χ4v) is 2.97. The summed E-state index contributed by atoms with van der Waals surface area (Å²) in [4.78, 5) is 11.9. The van der Waals surface area contributed by atoms with Gasteiger partial charge in [-0.15, -0.1) is 0 Å². The normalized spacial score (nSPS) is 26.5. The molecule has 0 aromatic heterocycles. The maximum Gasteiger partial charge on any atom is 0.223 e. The minimum Gasteiger partial charge on any atom is -0.378 e. The van der Waals surface area contributed by atoms with Gasteiger partial charge in [0.15, 0.2) is 0 Å². The molecule has 1 saturated heterocycles. The summed E-state index contributed by atoms with van der Waals surface area (Å²) in [5.41, 5.74) is 0. The fourth-order valence-electron chi connectivity index (χ4n) is 2.97. The summed E-state index contributed by atoms with van der Waals surface area (Å²) in [6, 6.07) is 1.95. The molecule has 0 aromatic carbocycles. The number of rotatable bonds is 4. The fraction of sp³-hybridized carbons (Fsp3) is 0.857. The smallest absolute Gasteiger partial charge is 0.223 e. The molecule has 1 N–H and O–H groups in total. The number of nitriles is 1. The average Bonchev–Trinajstić information content (AvgIpc) is 2.90. The van der Waals surface area contributed by atoms with Crippen LogP contribution in [0.25, 0.3) is 0 Å². The Morgan fingerprint density at radius 1 is 1.28 bits per heavy atom. The maximum absolute atomic E-state index is 11.9. The van der Waals surface area contributed by atoms with Gasteiger partial charge in [-0.3, -0.25) is 4.79 Å². The third-order valence-corrected chi connectivity index (χ3v) is 4.01. The molecule has 1 heterocycles. The molecule has 4 nitrogen and oxygen atoms in total. The minimum absolute atomic E-state index is 0.0287. The van der Waals surface area contributed by atoms with Crippen molar-refractivity contribution in [2.45, 2.75) is 63.5 Å². The van der Waals surface area contributed by atoms with Gasteiger partial charge in [0.05, 0.1) is 18.6 Å². The second-order valence-electron chi connectivity index (χ2n) is 5.41. The van der Waals surface area contributed by atoms with Crippen molar-refractivity contribution in [1.82, 2.24) is 5.32 Å². The van der Waals surface area contributed by atoms with E-state index in [1.54, 1.807) is 0 Å². The van der Waals surface area contributed by atoms with Crippen LogP contribution < -0.4 is 5.32 Å². The number of nitrogens with one attached hydrogen (secondary N) is 1. The van der Waals surface area contributed by atoms with Crippen LogP contribution in [-0.4, -0.2) is 24.7 Å². The number of carbonyl (C=O) groups excluding carboxylic acids is 1. The molecule has 1 aliphatic carbocycles. The van der Waals surface area contributed by atoms with Gasteiger partial charge in [0.1, 0.15) is 6.04 Å². The quantitative estimate of drug-likeness (QED) is 0.831. The van der Waals surface area contributed by atoms with Gasteiger partial charge in [0.2, 0.25) is 5.91 Å². The monoisotopic (exact) mass is 250 g/mol. The molecule has 4 heteroatoms. The van der Waals surface area contributed by atoms with Gasteiger partial charge in [0, 0.05) is 6.61 Å². The SMILES string of the molecule is N#CC(NC(=O)CC1CCCO1)C1CCCCC1. The molecule has 2 aliphatic rings. The molecule has 18 heavy (non-hydrogen) atoms. The largest absolute Gasteiger partial charge is 0.378 e. The lowest BCUT2D eigenvalue weighted by Gasteiger charge is -2.26. The third-order valence-electron chi connectivity index (χ3n) is 4.01. The van der Waals surface area contributed by atoms with E-state index >= 15 is 0 Å². The van der Waals surface area contributed by atoms with Crippen LogP contribution >= 0.6 is 0 Å². The molecule has 100 valence electrons. The van der Waals surface area contributed by atoms with E-state index in [0.29, 0.717) is 12.3 Å². The number of amides is 1. The van der Waals surface area contributed by atoms with Crippen molar-refractivity contribution >= 4 is 5.91 Å². The van der Waals surface area contributed by atoms with E-state index in [1.807, 2.05) is 0 Å². The van der Waals surface area contributed by atoms with Gasteiger partial charge in [-0.1, -0.05) is 19.3 Å². The van der Waals surface area contributed by atoms with Crippen LogP contribution in [0.1, 0.15) is 51.4 Å². The Morgan fingerprint density at radius 3 is 2.67 bits per heavy atom. The molecule has 1 amide bonds. The van der Waals surface area contributed by atoms with Gasteiger partial charge in [-0.2, -0.15) is 5.26 Å². The Kier molecular flexibility index (Phi) is 5.00. The lowest BCUT2D eigenvalue weighted by atomic mass is 9.84. The Hall–Kier alpha value is -1.08. The molecular weight excluding hydrogens is 228 g/mol. The summed E-state index contributed by atoms with van der Waals surface area (Å²) in [6.07, 6.45) is 8.25. The van der Waals surface area contributed by atoms with E-state index in [-0.39, 0.29) is 18.1 Å². The zero-order chi connectivity index (χ0) is 12.8. The van der Waals surface area contributed by atoms with Gasteiger partial charge in [0.25, 0.3) is 0 Å². The van der Waals surface area contributed by atoms with Crippen molar-refractivity contribution < 1.29 is 9.53 Å². The summed E-state index contributed by atoms with van der Waals surface area (Å²) >= 11 is 0. The number of carbonyl (C=O) groups is 1. The van der Waals surface area contributed by atoms with Gasteiger partial charge < -0.3 is 10.1 Å². The van der Waals surface area contributed by atoms with Crippen LogP contribution in [0.5, 0.6) is 0 Å². The Morgan fingerprint density at radius 2 is 2.06 bits per heavy atom. The standard InChI is InChI=1S/C14H22N2O2/c15-10-13(11-5-2-1-3-6-11)16-14(17)9-12-7-4-8-18-12/h11-13H,1-9H2,(H,16,17). The predicted octanol–water partition coefficient (Wildman–Crippen LogP) is 2.14. The molecule has 2 rings (SSSR count). The first-order valence-electron chi connectivity index (χ1n) is 7.10. The molecular formula is C14H22N2O2. The highest BCUT2D eigenvalue weighted by Gasteiger charge is 2.26. The molecule has 0 bridgehead atoms. The number of hydrogen-bond acceptors (Lipinski definition) is 3. The zero-order valence-corrected chi connectivity index (χ0v) is 10.9. The van der Waals surface area contributed by atoms with Crippen LogP contribution in [0.4, 0.5) is 0 Å². The average molecular weight is 250 g/mol. The van der Waals surface area contributed by atoms with E-state index < -0.39 is 0 Å². The van der Waals surface area contributed by atoms with Crippen molar-refractivity contribution in [3.63, 3.8) is 0 Å². The number of nitrogens with zero attached hydrogens (tertiary/aromatic N) is 1. The predicted molar refractivity (Wildman–Crippen MR) is 67.7 cm³/mol. The Labute approximate surface area is 109 Å². The van der Waals surface area contributed by atoms with Crippen molar-refractivity contribution in [2.24, 2.45) is 5.92 Å². The van der Waals surface area contributed by atoms with Crippen molar-refractivity contribution in [3.05, 3.63) is 0 Å². The highest BCUT2D eigenvalue weighted by atomic mass is 16.5. The first-order valence-corrected chi connectivity index (χ1v) is 7.10. The minimum atomic E-state index is -0.306. The van der Waals surface area contributed by atoms with E-state index in [1.165, 1.54) is 19.3 Å². The summed E-state index contributed by atoms with van der Waals surface area (Å²) in [5, 5.41) is 12.1. The van der Waals surface area contributed by atoms with Gasteiger partial charge in [-0.25, -0.2) is 0 Å². The Bertz CT molecular complexity index is 312. The van der Waals surface area contributed by atoms with Crippen LogP contribution in [0, 0.1) is 17.2 Å². The van der Waals surface area contributed by atoms with E-state index in [2.05, 4.69) is 11.4 Å². The first-order chi connectivity index (χ1) is 8.79. The summed E-state index contributed by atoms with van der Waals surface area (Å²) in [6.45, 7) is 0.766. The second kappa shape index (κ2) is 6.75. The van der Waals surface area contributed by atoms with E-state index in [9.17, 15) is 10.1 Å². The lowest BCUT2D eigenvalue weighted by Crippen LogP contribution is -2.41. The second-order valence-corrected chi connectivity index (χ2v) is 5.41. The third kappa shape index (κ3) is 3.71. The highest BCUT2D eigenvalue weighted by molar-refractivity contribution is 5.77. The Balaban J connectivity index is 1.77. The highest BCUT2D eigenvalue weighted by Crippen LogP contribution is 2.26. The maximum atomic E-state index is 11.9. The molecule has 2 atom stereocenters. The van der Waals surface area contributed by atoms with E-state index in [4.69, 9.17) is 4.74 Å². The van der Waals surface area contributed by atoms with Crippen LogP contribution in [0.3, 0.4) is 0 Å².